The molecule has 9 heteroatoms. The molecule has 0 bridgehead atoms. The minimum atomic E-state index is -0.834. The number of pyridine rings is 3. The molecule has 1 aliphatic carbocycles. The second-order valence-electron chi connectivity index (χ2n) is 6.83. The highest BCUT2D eigenvalue weighted by molar-refractivity contribution is 6.32. The third kappa shape index (κ3) is 3.97. The van der Waals surface area contributed by atoms with Gasteiger partial charge in [0.15, 0.2) is 5.82 Å². The molecule has 0 unspecified atom stereocenters. The fourth-order valence-corrected chi connectivity index (χ4v) is 3.39. The van der Waals surface area contributed by atoms with E-state index in [1.54, 1.807) is 18.3 Å². The van der Waals surface area contributed by atoms with E-state index in [0.29, 0.717) is 5.69 Å². The zero-order valence-electron chi connectivity index (χ0n) is 15.3. The third-order valence-corrected chi connectivity index (χ3v) is 5.23. The van der Waals surface area contributed by atoms with E-state index in [4.69, 9.17) is 27.9 Å². The Balaban J connectivity index is 1.76. The summed E-state index contributed by atoms with van der Waals surface area (Å²) in [6.07, 6.45) is 4.33. The molecule has 0 aromatic carbocycles. The fourth-order valence-electron chi connectivity index (χ4n) is 3.04. The van der Waals surface area contributed by atoms with E-state index in [1.807, 2.05) is 6.92 Å². The molecule has 4 rings (SSSR count). The van der Waals surface area contributed by atoms with Crippen LogP contribution in [0.5, 0.6) is 5.75 Å². The van der Waals surface area contributed by atoms with Gasteiger partial charge in [0.1, 0.15) is 34.0 Å². The Morgan fingerprint density at radius 1 is 1.17 bits per heavy atom. The minimum Gasteiger partial charge on any atom is -0.485 e. The predicted octanol–water partition coefficient (Wildman–Crippen LogP) is 4.98. The average molecular weight is 438 g/mol. The maximum absolute atomic E-state index is 13.8. The van der Waals surface area contributed by atoms with Crippen LogP contribution in [0.3, 0.4) is 0 Å². The standard InChI is InChI=1S/C20H15Cl2F2N3O2/c1-10-7-26-18(21)6-15(10)27-16(11-2-3-11)5-17(19(22)20(27)28)29-9-14-13(24)4-12(23)8-25-14/h4-8,11H,2-3,9H2,1H3. The van der Waals surface area contributed by atoms with Gasteiger partial charge in [0.25, 0.3) is 5.56 Å². The van der Waals surface area contributed by atoms with Gasteiger partial charge in [-0.05, 0) is 37.3 Å². The van der Waals surface area contributed by atoms with E-state index in [0.717, 1.165) is 36.4 Å². The molecule has 29 heavy (non-hydrogen) atoms. The van der Waals surface area contributed by atoms with Gasteiger partial charge in [0, 0.05) is 24.0 Å². The number of halogens is 4. The number of aromatic nitrogens is 3. The van der Waals surface area contributed by atoms with Crippen molar-refractivity contribution in [2.24, 2.45) is 0 Å². The van der Waals surface area contributed by atoms with Crippen molar-refractivity contribution in [1.29, 1.82) is 0 Å². The van der Waals surface area contributed by atoms with Crippen LogP contribution in [0, 0.1) is 18.6 Å². The molecule has 1 saturated carbocycles. The van der Waals surface area contributed by atoms with Crippen molar-refractivity contribution in [2.45, 2.75) is 32.3 Å². The van der Waals surface area contributed by atoms with Crippen molar-refractivity contribution in [3.05, 3.63) is 79.7 Å². The first kappa shape index (κ1) is 19.8. The van der Waals surface area contributed by atoms with Crippen molar-refractivity contribution in [3.8, 4) is 11.4 Å². The quantitative estimate of drug-likeness (QED) is 0.528. The summed E-state index contributed by atoms with van der Waals surface area (Å²) < 4.78 is 33.9. The zero-order chi connectivity index (χ0) is 20.7. The number of hydrogen-bond acceptors (Lipinski definition) is 4. The average Bonchev–Trinajstić information content (AvgIpc) is 3.51. The first-order valence-corrected chi connectivity index (χ1v) is 9.61. The summed E-state index contributed by atoms with van der Waals surface area (Å²) in [4.78, 5) is 20.8. The maximum atomic E-state index is 13.8. The first-order valence-electron chi connectivity index (χ1n) is 8.86. The van der Waals surface area contributed by atoms with Crippen molar-refractivity contribution in [2.75, 3.05) is 0 Å². The van der Waals surface area contributed by atoms with Gasteiger partial charge in [-0.1, -0.05) is 23.2 Å². The second kappa shape index (κ2) is 7.72. The number of aryl methyl sites for hydroxylation is 1. The Labute approximate surface area is 174 Å². The third-order valence-electron chi connectivity index (χ3n) is 4.67. The van der Waals surface area contributed by atoms with Crippen LogP contribution in [0.25, 0.3) is 5.69 Å². The molecule has 0 aliphatic heterocycles. The van der Waals surface area contributed by atoms with Gasteiger partial charge in [0.2, 0.25) is 0 Å². The van der Waals surface area contributed by atoms with Crippen molar-refractivity contribution in [3.63, 3.8) is 0 Å². The monoisotopic (exact) mass is 437 g/mol. The highest BCUT2D eigenvalue weighted by Gasteiger charge is 2.30. The van der Waals surface area contributed by atoms with Crippen LogP contribution in [0.1, 0.15) is 35.7 Å². The van der Waals surface area contributed by atoms with Gasteiger partial charge in [-0.2, -0.15) is 0 Å². The Bertz CT molecular complexity index is 1160. The summed E-state index contributed by atoms with van der Waals surface area (Å²) >= 11 is 12.3. The summed E-state index contributed by atoms with van der Waals surface area (Å²) in [6.45, 7) is 1.53. The van der Waals surface area contributed by atoms with Gasteiger partial charge < -0.3 is 4.74 Å². The highest BCUT2D eigenvalue weighted by Crippen LogP contribution is 2.42. The smallest absolute Gasteiger partial charge is 0.277 e. The normalized spacial score (nSPS) is 13.6. The van der Waals surface area contributed by atoms with E-state index < -0.39 is 17.2 Å². The van der Waals surface area contributed by atoms with Crippen LogP contribution in [0.15, 0.2) is 35.4 Å². The molecule has 150 valence electrons. The minimum absolute atomic E-state index is 0.0867. The molecule has 3 aromatic rings. The zero-order valence-corrected chi connectivity index (χ0v) is 16.8. The number of hydrogen-bond donors (Lipinski definition) is 0. The van der Waals surface area contributed by atoms with Crippen molar-refractivity contribution in [1.82, 2.24) is 14.5 Å². The van der Waals surface area contributed by atoms with E-state index in [2.05, 4.69) is 9.97 Å². The molecular formula is C20H15Cl2F2N3O2. The van der Waals surface area contributed by atoms with Crippen LogP contribution >= 0.6 is 23.2 Å². The van der Waals surface area contributed by atoms with Gasteiger partial charge in [-0.3, -0.25) is 14.3 Å². The van der Waals surface area contributed by atoms with Gasteiger partial charge in [-0.15, -0.1) is 0 Å². The van der Waals surface area contributed by atoms with E-state index in [9.17, 15) is 13.6 Å². The van der Waals surface area contributed by atoms with E-state index in [1.165, 1.54) is 4.57 Å². The highest BCUT2D eigenvalue weighted by atomic mass is 35.5. The van der Waals surface area contributed by atoms with Gasteiger partial charge in [0.05, 0.1) is 11.9 Å². The lowest BCUT2D eigenvalue weighted by molar-refractivity contribution is 0.292. The molecule has 1 aliphatic rings. The van der Waals surface area contributed by atoms with Crippen molar-refractivity contribution >= 4 is 23.2 Å². The van der Waals surface area contributed by atoms with Crippen LogP contribution in [-0.2, 0) is 6.61 Å². The molecule has 0 radical (unpaired) electrons. The predicted molar refractivity (Wildman–Crippen MR) is 105 cm³/mol. The molecule has 0 N–H and O–H groups in total. The molecule has 5 nitrogen and oxygen atoms in total. The molecule has 3 aromatic heterocycles. The molecule has 0 amide bonds. The first-order chi connectivity index (χ1) is 13.8. The van der Waals surface area contributed by atoms with Crippen LogP contribution < -0.4 is 10.3 Å². The lowest BCUT2D eigenvalue weighted by Gasteiger charge is -2.18. The summed E-state index contributed by atoms with van der Waals surface area (Å²) in [5.41, 5.74) is 1.53. The van der Waals surface area contributed by atoms with E-state index >= 15 is 0 Å². The lowest BCUT2D eigenvalue weighted by atomic mass is 10.2. The molecular weight excluding hydrogens is 423 g/mol. The van der Waals surface area contributed by atoms with Gasteiger partial charge >= 0.3 is 0 Å². The Morgan fingerprint density at radius 3 is 2.62 bits per heavy atom. The fraction of sp³-hybridized carbons (Fsp3) is 0.250. The molecule has 0 atom stereocenters. The molecule has 0 saturated heterocycles. The van der Waals surface area contributed by atoms with Crippen LogP contribution in [0.2, 0.25) is 10.2 Å². The topological polar surface area (TPSA) is 57.0 Å². The Hall–Kier alpha value is -2.51. The van der Waals surface area contributed by atoms with Crippen LogP contribution in [-0.4, -0.2) is 14.5 Å². The van der Waals surface area contributed by atoms with Gasteiger partial charge in [-0.25, -0.2) is 13.8 Å². The summed E-state index contributed by atoms with van der Waals surface area (Å²) in [7, 11) is 0. The summed E-state index contributed by atoms with van der Waals surface area (Å²) in [6, 6.07) is 4.01. The largest absolute Gasteiger partial charge is 0.485 e. The summed E-state index contributed by atoms with van der Waals surface area (Å²) in [5, 5.41) is 0.109. The SMILES string of the molecule is Cc1cnc(Cl)cc1-n1c(C2CC2)cc(OCc2ncc(F)cc2F)c(Cl)c1=O. The lowest BCUT2D eigenvalue weighted by Crippen LogP contribution is -2.24. The second-order valence-corrected chi connectivity index (χ2v) is 7.59. The Morgan fingerprint density at radius 2 is 1.93 bits per heavy atom. The number of rotatable bonds is 5. The molecule has 3 heterocycles. The number of ether oxygens (including phenoxy) is 1. The van der Waals surface area contributed by atoms with Crippen LogP contribution in [0.4, 0.5) is 8.78 Å². The van der Waals surface area contributed by atoms with Crippen molar-refractivity contribution < 1.29 is 13.5 Å². The molecule has 1 fully saturated rings. The van der Waals surface area contributed by atoms with E-state index in [-0.39, 0.29) is 34.1 Å². The molecule has 0 spiro atoms. The Kier molecular flexibility index (Phi) is 5.27. The number of nitrogens with zero attached hydrogens (tertiary/aromatic N) is 3. The maximum Gasteiger partial charge on any atom is 0.277 e. The summed E-state index contributed by atoms with van der Waals surface area (Å²) in [5.74, 6) is -1.32.